The molecule has 226 valence electrons. The van der Waals surface area contributed by atoms with E-state index >= 15 is 0 Å². The number of carbonyl (C=O) groups excluding carboxylic acids is 2. The summed E-state index contributed by atoms with van der Waals surface area (Å²) in [6, 6.07) is 16.8. The Morgan fingerprint density at radius 2 is 1.60 bits per heavy atom. The molecule has 0 heterocycles. The first-order chi connectivity index (χ1) is 19.6. The van der Waals surface area contributed by atoms with Crippen LogP contribution in [0.4, 0.5) is 18.9 Å². The Morgan fingerprint density at radius 3 is 2.14 bits per heavy atom. The molecule has 0 saturated carbocycles. The molecule has 0 aliphatic rings. The SMILES string of the molecule is CC(C)NC(=O)[C@@H](Cc1ccccc1)N(Cc1ccc(Br)cc1)C(=O)CN(c1cc(C(F)(F)F)ccc1Cl)S(C)(=O)=O. The lowest BCUT2D eigenvalue weighted by atomic mass is 10.0. The molecule has 3 aromatic rings. The predicted octanol–water partition coefficient (Wildman–Crippen LogP) is 6.05. The van der Waals surface area contributed by atoms with Crippen LogP contribution in [0.5, 0.6) is 0 Å². The van der Waals surface area contributed by atoms with Crippen LogP contribution in [0.2, 0.25) is 5.02 Å². The van der Waals surface area contributed by atoms with Gasteiger partial charge in [-0.15, -0.1) is 0 Å². The van der Waals surface area contributed by atoms with Crippen LogP contribution in [0.15, 0.2) is 77.3 Å². The molecule has 7 nitrogen and oxygen atoms in total. The Bertz CT molecular complexity index is 1500. The van der Waals surface area contributed by atoms with Crippen LogP contribution in [-0.4, -0.2) is 50.0 Å². The minimum Gasteiger partial charge on any atom is -0.352 e. The highest BCUT2D eigenvalue weighted by atomic mass is 79.9. The molecule has 0 spiro atoms. The van der Waals surface area contributed by atoms with Crippen molar-refractivity contribution in [2.24, 2.45) is 0 Å². The quantitative estimate of drug-likeness (QED) is 0.266. The molecule has 0 unspecified atom stereocenters. The van der Waals surface area contributed by atoms with E-state index in [9.17, 15) is 31.2 Å². The minimum atomic E-state index is -4.78. The normalized spacial score (nSPS) is 12.6. The maximum absolute atomic E-state index is 14.0. The fourth-order valence-corrected chi connectivity index (χ4v) is 5.58. The van der Waals surface area contributed by atoms with Crippen molar-refractivity contribution in [2.45, 2.75) is 45.1 Å². The van der Waals surface area contributed by atoms with Gasteiger partial charge in [-0.2, -0.15) is 13.2 Å². The van der Waals surface area contributed by atoms with Crippen molar-refractivity contribution in [3.05, 3.63) is 99.0 Å². The maximum atomic E-state index is 14.0. The van der Waals surface area contributed by atoms with Gasteiger partial charge in [-0.3, -0.25) is 13.9 Å². The van der Waals surface area contributed by atoms with Crippen molar-refractivity contribution in [3.8, 4) is 0 Å². The molecule has 3 rings (SSSR count). The number of alkyl halides is 3. The molecule has 3 aromatic carbocycles. The number of carbonyl (C=O) groups is 2. The molecule has 1 N–H and O–H groups in total. The monoisotopic (exact) mass is 687 g/mol. The number of hydrogen-bond donors (Lipinski definition) is 1. The third-order valence-electron chi connectivity index (χ3n) is 6.19. The zero-order valence-electron chi connectivity index (χ0n) is 23.0. The summed E-state index contributed by atoms with van der Waals surface area (Å²) < 4.78 is 67.5. The minimum absolute atomic E-state index is 0.0803. The largest absolute Gasteiger partial charge is 0.416 e. The van der Waals surface area contributed by atoms with E-state index in [2.05, 4.69) is 21.2 Å². The van der Waals surface area contributed by atoms with Crippen molar-refractivity contribution >= 4 is 55.1 Å². The van der Waals surface area contributed by atoms with Crippen LogP contribution in [0.25, 0.3) is 0 Å². The fourth-order valence-electron chi connectivity index (χ4n) is 4.20. The molecule has 0 aliphatic carbocycles. The highest BCUT2D eigenvalue weighted by molar-refractivity contribution is 9.10. The van der Waals surface area contributed by atoms with Gasteiger partial charge in [0.05, 0.1) is 22.5 Å². The summed E-state index contributed by atoms with van der Waals surface area (Å²) in [5.41, 5.74) is -0.244. The van der Waals surface area contributed by atoms with E-state index in [0.717, 1.165) is 28.4 Å². The third-order valence-corrected chi connectivity index (χ3v) is 8.16. The van der Waals surface area contributed by atoms with Gasteiger partial charge in [0.25, 0.3) is 0 Å². The number of halogens is 5. The first-order valence-electron chi connectivity index (χ1n) is 12.8. The number of benzene rings is 3. The van der Waals surface area contributed by atoms with E-state index in [4.69, 9.17) is 11.6 Å². The summed E-state index contributed by atoms with van der Waals surface area (Å²) in [5.74, 6) is -1.28. The van der Waals surface area contributed by atoms with Gasteiger partial charge in [0.15, 0.2) is 0 Å². The van der Waals surface area contributed by atoms with Gasteiger partial charge in [0.1, 0.15) is 12.6 Å². The Hall–Kier alpha value is -3.09. The predicted molar refractivity (Wildman–Crippen MR) is 161 cm³/mol. The Balaban J connectivity index is 2.11. The van der Waals surface area contributed by atoms with Crippen molar-refractivity contribution in [1.82, 2.24) is 10.2 Å². The topological polar surface area (TPSA) is 86.8 Å². The summed E-state index contributed by atoms with van der Waals surface area (Å²) in [6.45, 7) is 2.55. The molecule has 2 amide bonds. The second-order valence-electron chi connectivity index (χ2n) is 9.95. The van der Waals surface area contributed by atoms with Crippen LogP contribution < -0.4 is 9.62 Å². The number of sulfonamides is 1. The van der Waals surface area contributed by atoms with Crippen molar-refractivity contribution in [3.63, 3.8) is 0 Å². The standard InChI is InChI=1S/C29H30BrClF3N3O4S/c1-19(2)35-28(39)26(15-20-7-5-4-6-8-20)36(17-21-9-12-23(30)13-10-21)27(38)18-37(42(3,40)41)25-16-22(29(32,33)34)11-14-24(25)31/h4-14,16,19,26H,15,17-18H2,1-3H3,(H,35,39)/t26-/m1/s1. The van der Waals surface area contributed by atoms with E-state index in [0.29, 0.717) is 15.9 Å². The van der Waals surface area contributed by atoms with Gasteiger partial charge in [0.2, 0.25) is 21.8 Å². The molecule has 0 fully saturated rings. The smallest absolute Gasteiger partial charge is 0.352 e. The summed E-state index contributed by atoms with van der Waals surface area (Å²) in [5, 5.41) is 2.53. The molecule has 42 heavy (non-hydrogen) atoms. The van der Waals surface area contributed by atoms with E-state index in [1.807, 2.05) is 0 Å². The van der Waals surface area contributed by atoms with Gasteiger partial charge in [-0.25, -0.2) is 8.42 Å². The lowest BCUT2D eigenvalue weighted by Gasteiger charge is -2.34. The summed E-state index contributed by atoms with van der Waals surface area (Å²) >= 11 is 9.53. The van der Waals surface area contributed by atoms with Crippen LogP contribution in [0, 0.1) is 0 Å². The number of rotatable bonds is 11. The van der Waals surface area contributed by atoms with Crippen LogP contribution >= 0.6 is 27.5 Å². The first kappa shape index (κ1) is 33.4. The first-order valence-corrected chi connectivity index (χ1v) is 15.8. The van der Waals surface area contributed by atoms with Gasteiger partial charge < -0.3 is 10.2 Å². The highest BCUT2D eigenvalue weighted by Gasteiger charge is 2.36. The number of nitrogens with one attached hydrogen (secondary N) is 1. The summed E-state index contributed by atoms with van der Waals surface area (Å²) in [7, 11) is -4.31. The number of anilines is 1. The number of nitrogens with zero attached hydrogens (tertiary/aromatic N) is 2. The van der Waals surface area contributed by atoms with Gasteiger partial charge in [-0.1, -0.05) is 70.0 Å². The Morgan fingerprint density at radius 1 is 0.976 bits per heavy atom. The van der Waals surface area contributed by atoms with Gasteiger partial charge in [0, 0.05) is 23.5 Å². The second-order valence-corrected chi connectivity index (χ2v) is 13.2. The highest BCUT2D eigenvalue weighted by Crippen LogP contribution is 2.36. The molecule has 0 aliphatic heterocycles. The average molecular weight is 689 g/mol. The van der Waals surface area contributed by atoms with E-state index < -0.39 is 51.9 Å². The Kier molecular flexibility index (Phi) is 11.1. The van der Waals surface area contributed by atoms with Gasteiger partial charge >= 0.3 is 6.18 Å². The summed E-state index contributed by atoms with van der Waals surface area (Å²) in [6.07, 6.45) is -3.91. The van der Waals surface area contributed by atoms with Gasteiger partial charge in [-0.05, 0) is 55.3 Å². The summed E-state index contributed by atoms with van der Waals surface area (Å²) in [4.78, 5) is 28.8. The lowest BCUT2D eigenvalue weighted by molar-refractivity contribution is -0.140. The number of hydrogen-bond acceptors (Lipinski definition) is 4. The second kappa shape index (κ2) is 13.9. The molecule has 0 radical (unpaired) electrons. The fraction of sp³-hybridized carbons (Fsp3) is 0.310. The Labute approximate surface area is 256 Å². The zero-order chi connectivity index (χ0) is 31.2. The molecular weight excluding hydrogens is 659 g/mol. The van der Waals surface area contributed by atoms with Crippen LogP contribution in [-0.2, 0) is 38.8 Å². The molecule has 1 atom stereocenters. The van der Waals surface area contributed by atoms with Crippen LogP contribution in [0.3, 0.4) is 0 Å². The zero-order valence-corrected chi connectivity index (χ0v) is 26.2. The lowest BCUT2D eigenvalue weighted by Crippen LogP contribution is -2.54. The molecular formula is C29H30BrClF3N3O4S. The van der Waals surface area contributed by atoms with Crippen molar-refractivity contribution in [1.29, 1.82) is 0 Å². The van der Waals surface area contributed by atoms with E-state index in [1.165, 1.54) is 4.90 Å². The van der Waals surface area contributed by atoms with Crippen molar-refractivity contribution < 1.29 is 31.2 Å². The molecule has 0 bridgehead atoms. The number of amides is 2. The van der Waals surface area contributed by atoms with E-state index in [-0.39, 0.29) is 24.0 Å². The molecule has 13 heteroatoms. The van der Waals surface area contributed by atoms with E-state index in [1.54, 1.807) is 68.4 Å². The average Bonchev–Trinajstić information content (AvgIpc) is 2.89. The van der Waals surface area contributed by atoms with Crippen LogP contribution in [0.1, 0.15) is 30.5 Å². The molecule has 0 saturated heterocycles. The third kappa shape index (κ3) is 9.20. The maximum Gasteiger partial charge on any atom is 0.416 e. The van der Waals surface area contributed by atoms with Crippen molar-refractivity contribution in [2.75, 3.05) is 17.1 Å². The molecule has 0 aromatic heterocycles.